The van der Waals surface area contributed by atoms with Crippen LogP contribution in [0.3, 0.4) is 0 Å². The quantitative estimate of drug-likeness (QED) is 0.754. The molecule has 0 saturated carbocycles. The lowest BCUT2D eigenvalue weighted by Gasteiger charge is -2.22. The second kappa shape index (κ2) is 8.29. The Bertz CT molecular complexity index is 500. The second-order valence-corrected chi connectivity index (χ2v) is 5.15. The summed E-state index contributed by atoms with van der Waals surface area (Å²) < 4.78 is 0. The smallest absolute Gasteiger partial charge is 0.254 e. The number of anilines is 1. The van der Waals surface area contributed by atoms with E-state index in [1.807, 2.05) is 26.8 Å². The number of nitrogens with one attached hydrogen (secondary N) is 1. The Balaban J connectivity index is 2.81. The average Bonchev–Trinajstić information content (AvgIpc) is 2.46. The molecule has 0 unspecified atom stereocenters. The first kappa shape index (κ1) is 17.0. The van der Waals surface area contributed by atoms with Gasteiger partial charge in [0.15, 0.2) is 0 Å². The number of hydrogen-bond donors (Lipinski definition) is 2. The van der Waals surface area contributed by atoms with E-state index in [1.165, 1.54) is 0 Å². The molecule has 0 fully saturated rings. The number of rotatable bonds is 7. The maximum atomic E-state index is 12.5. The van der Waals surface area contributed by atoms with Crippen LogP contribution in [-0.2, 0) is 4.79 Å². The fourth-order valence-corrected chi connectivity index (χ4v) is 1.97. The van der Waals surface area contributed by atoms with Crippen molar-refractivity contribution in [3.63, 3.8) is 0 Å². The normalized spacial score (nSPS) is 10.2. The first-order chi connectivity index (χ1) is 9.99. The number of nitrogens with two attached hydrogens (primary N) is 1. The highest BCUT2D eigenvalue weighted by molar-refractivity contribution is 5.97. The molecule has 0 aromatic heterocycles. The molecule has 0 aliphatic heterocycles. The number of carbonyl (C=O) groups is 2. The lowest BCUT2D eigenvalue weighted by atomic mass is 10.1. The molecule has 1 rings (SSSR count). The predicted octanol–water partition coefficient (Wildman–Crippen LogP) is 1.96. The molecule has 0 spiro atoms. The number of nitrogen functional groups attached to an aromatic ring is 1. The number of carbonyl (C=O) groups excluding carboxylic acids is 2. The Kier molecular flexibility index (Phi) is 6.72. The second-order valence-electron chi connectivity index (χ2n) is 5.15. The van der Waals surface area contributed by atoms with Crippen LogP contribution in [0.4, 0.5) is 5.69 Å². The summed E-state index contributed by atoms with van der Waals surface area (Å²) in [7, 11) is 0. The first-order valence-electron chi connectivity index (χ1n) is 7.41. The zero-order chi connectivity index (χ0) is 15.8. The fraction of sp³-hybridized carbons (Fsp3) is 0.500. The number of hydrogen-bond acceptors (Lipinski definition) is 3. The van der Waals surface area contributed by atoms with Crippen LogP contribution < -0.4 is 11.1 Å². The van der Waals surface area contributed by atoms with E-state index in [2.05, 4.69) is 5.32 Å². The zero-order valence-electron chi connectivity index (χ0n) is 13.1. The van der Waals surface area contributed by atoms with Crippen molar-refractivity contribution < 1.29 is 9.59 Å². The van der Waals surface area contributed by atoms with Crippen LogP contribution in [0, 0.1) is 6.92 Å². The monoisotopic (exact) mass is 291 g/mol. The van der Waals surface area contributed by atoms with Crippen molar-refractivity contribution in [3.05, 3.63) is 29.3 Å². The van der Waals surface area contributed by atoms with E-state index in [9.17, 15) is 9.59 Å². The van der Waals surface area contributed by atoms with Gasteiger partial charge in [-0.3, -0.25) is 9.59 Å². The number of nitrogens with zero attached hydrogens (tertiary/aromatic N) is 1. The van der Waals surface area contributed by atoms with Gasteiger partial charge in [-0.15, -0.1) is 0 Å². The van der Waals surface area contributed by atoms with Crippen LogP contribution in [0.15, 0.2) is 18.2 Å². The summed E-state index contributed by atoms with van der Waals surface area (Å²) in [6.07, 6.45) is 1.68. The molecule has 0 atom stereocenters. The summed E-state index contributed by atoms with van der Waals surface area (Å²) in [6.45, 7) is 7.13. The number of amides is 2. The highest BCUT2D eigenvalue weighted by Gasteiger charge is 2.18. The molecular weight excluding hydrogens is 266 g/mol. The predicted molar refractivity (Wildman–Crippen MR) is 85.1 cm³/mol. The summed E-state index contributed by atoms with van der Waals surface area (Å²) in [5.74, 6) is -0.283. The molecule has 0 saturated heterocycles. The van der Waals surface area contributed by atoms with E-state index in [4.69, 9.17) is 5.73 Å². The largest absolute Gasteiger partial charge is 0.398 e. The summed E-state index contributed by atoms with van der Waals surface area (Å²) in [6, 6.07) is 5.24. The highest BCUT2D eigenvalue weighted by atomic mass is 16.2. The van der Waals surface area contributed by atoms with E-state index in [0.29, 0.717) is 24.3 Å². The van der Waals surface area contributed by atoms with Gasteiger partial charge >= 0.3 is 0 Å². The van der Waals surface area contributed by atoms with Gasteiger partial charge in [0, 0.05) is 24.3 Å². The molecule has 0 aliphatic rings. The van der Waals surface area contributed by atoms with Gasteiger partial charge in [-0.25, -0.2) is 0 Å². The van der Waals surface area contributed by atoms with Crippen molar-refractivity contribution in [2.45, 2.75) is 33.6 Å². The van der Waals surface area contributed by atoms with Crippen molar-refractivity contribution in [2.24, 2.45) is 0 Å². The third kappa shape index (κ3) is 5.10. The first-order valence-corrected chi connectivity index (χ1v) is 7.41. The number of aryl methyl sites for hydroxylation is 1. The Labute approximate surface area is 126 Å². The molecule has 5 nitrogen and oxygen atoms in total. The third-order valence-electron chi connectivity index (χ3n) is 3.21. The van der Waals surface area contributed by atoms with Crippen LogP contribution >= 0.6 is 0 Å². The average molecular weight is 291 g/mol. The van der Waals surface area contributed by atoms with E-state index >= 15 is 0 Å². The van der Waals surface area contributed by atoms with E-state index in [1.54, 1.807) is 17.0 Å². The minimum Gasteiger partial charge on any atom is -0.398 e. The van der Waals surface area contributed by atoms with Crippen LogP contribution in [0.1, 0.15) is 42.6 Å². The Morgan fingerprint density at radius 3 is 2.52 bits per heavy atom. The van der Waals surface area contributed by atoms with Crippen LogP contribution in [0.5, 0.6) is 0 Å². The summed E-state index contributed by atoms with van der Waals surface area (Å²) >= 11 is 0. The van der Waals surface area contributed by atoms with E-state index < -0.39 is 0 Å². The maximum Gasteiger partial charge on any atom is 0.254 e. The molecule has 0 heterocycles. The molecule has 2 amide bonds. The van der Waals surface area contributed by atoms with Gasteiger partial charge < -0.3 is 16.0 Å². The van der Waals surface area contributed by atoms with Gasteiger partial charge in [0.1, 0.15) is 0 Å². The maximum absolute atomic E-state index is 12.5. The summed E-state index contributed by atoms with van der Waals surface area (Å²) in [5, 5.41) is 2.79. The van der Waals surface area contributed by atoms with Crippen molar-refractivity contribution in [3.8, 4) is 0 Å². The van der Waals surface area contributed by atoms with E-state index in [0.717, 1.165) is 18.4 Å². The molecule has 21 heavy (non-hydrogen) atoms. The minimum absolute atomic E-state index is 0.0838. The fourth-order valence-electron chi connectivity index (χ4n) is 1.97. The number of benzene rings is 1. The lowest BCUT2D eigenvalue weighted by Crippen LogP contribution is -2.41. The van der Waals surface area contributed by atoms with Crippen molar-refractivity contribution >= 4 is 17.5 Å². The van der Waals surface area contributed by atoms with Crippen LogP contribution in [-0.4, -0.2) is 36.3 Å². The van der Waals surface area contributed by atoms with Crippen molar-refractivity contribution in [1.29, 1.82) is 0 Å². The molecule has 1 aromatic rings. The molecule has 116 valence electrons. The Hall–Kier alpha value is -2.04. The van der Waals surface area contributed by atoms with Gasteiger partial charge in [-0.2, -0.15) is 0 Å². The molecule has 0 radical (unpaired) electrons. The van der Waals surface area contributed by atoms with Crippen molar-refractivity contribution in [1.82, 2.24) is 10.2 Å². The Morgan fingerprint density at radius 1 is 1.24 bits per heavy atom. The minimum atomic E-state index is -0.157. The molecule has 3 N–H and O–H groups in total. The topological polar surface area (TPSA) is 75.4 Å². The van der Waals surface area contributed by atoms with Crippen molar-refractivity contribution in [2.75, 3.05) is 25.4 Å². The van der Waals surface area contributed by atoms with E-state index in [-0.39, 0.29) is 18.4 Å². The van der Waals surface area contributed by atoms with Gasteiger partial charge in [0.05, 0.1) is 6.54 Å². The molecule has 0 aliphatic carbocycles. The summed E-state index contributed by atoms with van der Waals surface area (Å²) in [4.78, 5) is 25.9. The summed E-state index contributed by atoms with van der Waals surface area (Å²) in [5.41, 5.74) is 7.90. The van der Waals surface area contributed by atoms with Gasteiger partial charge in [0.2, 0.25) is 5.91 Å². The molecular formula is C16H25N3O2. The van der Waals surface area contributed by atoms with Crippen LogP contribution in [0.25, 0.3) is 0 Å². The third-order valence-corrected chi connectivity index (χ3v) is 3.21. The van der Waals surface area contributed by atoms with Crippen LogP contribution in [0.2, 0.25) is 0 Å². The van der Waals surface area contributed by atoms with Gasteiger partial charge in [0.25, 0.3) is 5.91 Å². The standard InChI is InChI=1S/C16H25N3O2/c1-4-8-18-15(20)11-19(9-5-2)16(21)13-7-6-12(3)14(17)10-13/h6-7,10H,4-5,8-9,11,17H2,1-3H3,(H,18,20). The lowest BCUT2D eigenvalue weighted by molar-refractivity contribution is -0.121. The zero-order valence-corrected chi connectivity index (χ0v) is 13.1. The molecule has 1 aromatic carbocycles. The highest BCUT2D eigenvalue weighted by Crippen LogP contribution is 2.14. The Morgan fingerprint density at radius 2 is 1.95 bits per heavy atom. The molecule has 0 bridgehead atoms. The van der Waals surface area contributed by atoms with Gasteiger partial charge in [-0.05, 0) is 37.5 Å². The van der Waals surface area contributed by atoms with Gasteiger partial charge in [-0.1, -0.05) is 19.9 Å². The SMILES string of the molecule is CCCNC(=O)CN(CCC)C(=O)c1ccc(C)c(N)c1. The molecule has 5 heteroatoms.